The fraction of sp³-hybridized carbons (Fsp3) is 0.619. The van der Waals surface area contributed by atoms with Gasteiger partial charge in [0.05, 0.1) is 22.8 Å². The molecule has 0 spiro atoms. The van der Waals surface area contributed by atoms with E-state index in [1.165, 1.54) is 0 Å². The summed E-state index contributed by atoms with van der Waals surface area (Å²) in [5.41, 5.74) is 1.60. The van der Waals surface area contributed by atoms with Crippen LogP contribution in [0.2, 0.25) is 0 Å². The molecule has 6 nitrogen and oxygen atoms in total. The van der Waals surface area contributed by atoms with Crippen molar-refractivity contribution < 1.29 is 9.53 Å². The van der Waals surface area contributed by atoms with Crippen LogP contribution in [0.15, 0.2) is 24.3 Å². The van der Waals surface area contributed by atoms with Crippen LogP contribution in [0.4, 0.5) is 0 Å². The van der Waals surface area contributed by atoms with Gasteiger partial charge in [0.1, 0.15) is 0 Å². The molecule has 3 fully saturated rings. The Morgan fingerprint density at radius 2 is 1.93 bits per heavy atom. The highest BCUT2D eigenvalue weighted by atomic mass is 16.5. The number of hydrogen-bond acceptors (Lipinski definition) is 4. The molecule has 1 aromatic heterocycles. The minimum Gasteiger partial charge on any atom is -0.381 e. The number of amides is 1. The molecule has 144 valence electrons. The van der Waals surface area contributed by atoms with E-state index >= 15 is 0 Å². The van der Waals surface area contributed by atoms with Crippen LogP contribution >= 0.6 is 0 Å². The molecule has 2 aromatic rings. The predicted octanol–water partition coefficient (Wildman–Crippen LogP) is 2.20. The molecular weight excluding hydrogens is 340 g/mol. The minimum atomic E-state index is -0.503. The van der Waals surface area contributed by atoms with Gasteiger partial charge in [-0.05, 0) is 57.7 Å². The number of benzene rings is 1. The average molecular weight is 368 g/mol. The zero-order valence-electron chi connectivity index (χ0n) is 16.1. The highest BCUT2D eigenvalue weighted by molar-refractivity contribution is 5.86. The van der Waals surface area contributed by atoms with Gasteiger partial charge < -0.3 is 15.4 Å². The lowest BCUT2D eigenvalue weighted by molar-refractivity contribution is -0.124. The van der Waals surface area contributed by atoms with Crippen molar-refractivity contribution in [3.8, 4) is 0 Å². The van der Waals surface area contributed by atoms with Crippen LogP contribution in [0.25, 0.3) is 10.9 Å². The van der Waals surface area contributed by atoms with Gasteiger partial charge in [-0.2, -0.15) is 5.10 Å². The smallest absolute Gasteiger partial charge is 0.224 e. The van der Waals surface area contributed by atoms with Crippen LogP contribution in [0, 0.1) is 17.8 Å². The second-order valence-corrected chi connectivity index (χ2v) is 8.78. The third kappa shape index (κ3) is 2.86. The first kappa shape index (κ1) is 17.2. The molecule has 1 amide bonds. The first-order chi connectivity index (χ1) is 13.1. The summed E-state index contributed by atoms with van der Waals surface area (Å²) in [6.45, 7) is 7.67. The van der Waals surface area contributed by atoms with Crippen molar-refractivity contribution >= 4 is 16.8 Å². The summed E-state index contributed by atoms with van der Waals surface area (Å²) < 4.78 is 7.69. The number of para-hydroxylation sites is 1. The zero-order valence-corrected chi connectivity index (χ0v) is 16.1. The van der Waals surface area contributed by atoms with E-state index in [1.807, 2.05) is 0 Å². The number of piperidine rings is 1. The molecule has 2 N–H and O–H groups in total. The maximum atomic E-state index is 12.9. The first-order valence-electron chi connectivity index (χ1n) is 10.1. The van der Waals surface area contributed by atoms with E-state index in [2.05, 4.69) is 53.4 Å². The molecular formula is C21H28N4O2. The van der Waals surface area contributed by atoms with Gasteiger partial charge in [0.25, 0.3) is 0 Å². The average Bonchev–Trinajstić information content (AvgIpc) is 3.01. The fourth-order valence-corrected chi connectivity index (χ4v) is 5.02. The van der Waals surface area contributed by atoms with Crippen LogP contribution in [0.3, 0.4) is 0 Å². The third-order valence-electron chi connectivity index (χ3n) is 6.57. The van der Waals surface area contributed by atoms with Gasteiger partial charge in [-0.1, -0.05) is 18.2 Å². The van der Waals surface area contributed by atoms with Crippen molar-refractivity contribution in [2.45, 2.75) is 38.3 Å². The second kappa shape index (κ2) is 6.31. The Hall–Kier alpha value is -1.92. The summed E-state index contributed by atoms with van der Waals surface area (Å²) in [6.07, 6.45) is 1.96. The second-order valence-electron chi connectivity index (χ2n) is 8.78. The number of hydrogen-bond donors (Lipinski definition) is 2. The van der Waals surface area contributed by atoms with Crippen LogP contribution in [-0.2, 0) is 15.1 Å². The monoisotopic (exact) mass is 368 g/mol. The summed E-state index contributed by atoms with van der Waals surface area (Å²) in [5.74, 6) is 1.41. The molecule has 27 heavy (non-hydrogen) atoms. The maximum Gasteiger partial charge on any atom is 0.224 e. The minimum absolute atomic E-state index is 0.175. The summed E-state index contributed by atoms with van der Waals surface area (Å²) in [4.78, 5) is 12.9. The van der Waals surface area contributed by atoms with E-state index in [9.17, 15) is 4.79 Å². The van der Waals surface area contributed by atoms with Crippen molar-refractivity contribution in [3.05, 3.63) is 30.0 Å². The first-order valence-corrected chi connectivity index (χ1v) is 10.1. The number of carbonyl (C=O) groups is 1. The molecule has 1 aromatic carbocycles. The van der Waals surface area contributed by atoms with E-state index in [0.29, 0.717) is 17.9 Å². The van der Waals surface area contributed by atoms with Crippen LogP contribution in [0.5, 0.6) is 0 Å². The number of aromatic nitrogens is 2. The van der Waals surface area contributed by atoms with Gasteiger partial charge in [0, 0.05) is 24.5 Å². The summed E-state index contributed by atoms with van der Waals surface area (Å²) in [5, 5.41) is 12.8. The Kier molecular flexibility index (Phi) is 4.02. The number of rotatable bonds is 4. The van der Waals surface area contributed by atoms with E-state index in [1.54, 1.807) is 0 Å². The number of ether oxygens (including phenoxy) is 1. The van der Waals surface area contributed by atoms with E-state index in [4.69, 9.17) is 9.84 Å². The van der Waals surface area contributed by atoms with Crippen molar-refractivity contribution in [3.63, 3.8) is 0 Å². The van der Waals surface area contributed by atoms with E-state index in [-0.39, 0.29) is 11.8 Å². The third-order valence-corrected chi connectivity index (χ3v) is 6.57. The molecule has 2 aliphatic heterocycles. The predicted molar refractivity (Wildman–Crippen MR) is 103 cm³/mol. The van der Waals surface area contributed by atoms with Gasteiger partial charge in [-0.25, -0.2) is 0 Å². The topological polar surface area (TPSA) is 68.2 Å². The maximum absolute atomic E-state index is 12.9. The van der Waals surface area contributed by atoms with Gasteiger partial charge in [0.2, 0.25) is 5.91 Å². The molecule has 0 radical (unpaired) electrons. The molecule has 3 aliphatic rings. The van der Waals surface area contributed by atoms with Gasteiger partial charge in [-0.15, -0.1) is 0 Å². The lowest BCUT2D eigenvalue weighted by Crippen LogP contribution is -2.43. The number of carbonyl (C=O) groups excluding carboxylic acids is 1. The van der Waals surface area contributed by atoms with Gasteiger partial charge in [-0.3, -0.25) is 9.48 Å². The molecule has 1 saturated carbocycles. The zero-order chi connectivity index (χ0) is 18.6. The molecule has 5 rings (SSSR count). The quantitative estimate of drug-likeness (QED) is 0.868. The van der Waals surface area contributed by atoms with E-state index < -0.39 is 5.54 Å². The lowest BCUT2D eigenvalue weighted by Gasteiger charge is -2.26. The van der Waals surface area contributed by atoms with Crippen LogP contribution in [-0.4, -0.2) is 42.0 Å². The number of nitrogens with one attached hydrogen (secondary N) is 2. The molecule has 0 bridgehead atoms. The normalized spacial score (nSPS) is 28.3. The molecule has 1 unspecified atom stereocenters. The van der Waals surface area contributed by atoms with Gasteiger partial charge >= 0.3 is 0 Å². The Morgan fingerprint density at radius 3 is 2.67 bits per heavy atom. The SMILES string of the molecule is CC(C)(NC(=O)C1[C@H]2CNC[C@@H]12)c1nn(C2CCOCC2)c2ccccc12. The number of nitrogens with zero attached hydrogens (tertiary/aromatic N) is 2. The van der Waals surface area contributed by atoms with Gasteiger partial charge in [0.15, 0.2) is 0 Å². The Labute approximate surface area is 159 Å². The highest BCUT2D eigenvalue weighted by Gasteiger charge is 2.57. The number of fused-ring (bicyclic) bond motifs is 2. The Balaban J connectivity index is 1.45. The fourth-order valence-electron chi connectivity index (χ4n) is 5.02. The van der Waals surface area contributed by atoms with E-state index in [0.717, 1.165) is 55.7 Å². The highest BCUT2D eigenvalue weighted by Crippen LogP contribution is 2.49. The van der Waals surface area contributed by atoms with Crippen LogP contribution in [0.1, 0.15) is 38.4 Å². The standard InChI is InChI=1S/C21H28N4O2/c1-21(2,23-20(26)18-15-11-22-12-16(15)18)19-14-5-3-4-6-17(14)25(24-19)13-7-9-27-10-8-13/h3-6,13,15-16,18,22H,7-12H2,1-2H3,(H,23,26)/t15-,16+,18?. The molecule has 2 saturated heterocycles. The van der Waals surface area contributed by atoms with Crippen molar-refractivity contribution in [1.29, 1.82) is 0 Å². The molecule has 3 atom stereocenters. The van der Waals surface area contributed by atoms with Crippen molar-refractivity contribution in [2.24, 2.45) is 17.8 Å². The van der Waals surface area contributed by atoms with Crippen molar-refractivity contribution in [1.82, 2.24) is 20.4 Å². The largest absolute Gasteiger partial charge is 0.381 e. The van der Waals surface area contributed by atoms with Crippen LogP contribution < -0.4 is 10.6 Å². The molecule has 3 heterocycles. The summed E-state index contributed by atoms with van der Waals surface area (Å²) >= 11 is 0. The summed E-state index contributed by atoms with van der Waals surface area (Å²) in [7, 11) is 0. The molecule has 1 aliphatic carbocycles. The Morgan fingerprint density at radius 1 is 1.22 bits per heavy atom. The lowest BCUT2D eigenvalue weighted by atomic mass is 9.96. The molecule has 6 heteroatoms. The van der Waals surface area contributed by atoms with Crippen molar-refractivity contribution in [2.75, 3.05) is 26.3 Å². The Bertz CT molecular complexity index is 858. The summed E-state index contributed by atoms with van der Waals surface area (Å²) in [6, 6.07) is 8.73.